The van der Waals surface area contributed by atoms with Crippen LogP contribution in [0.5, 0.6) is 0 Å². The fourth-order valence-corrected chi connectivity index (χ4v) is 2.99. The van der Waals surface area contributed by atoms with Crippen LogP contribution in [0.1, 0.15) is 25.7 Å². The van der Waals surface area contributed by atoms with Gasteiger partial charge in [-0.2, -0.15) is 0 Å². The molecule has 0 amide bonds. The molecule has 0 radical (unpaired) electrons. The second-order valence-corrected chi connectivity index (χ2v) is 5.23. The number of carbonyl (C=O) groups excluding carboxylic acids is 1. The molecule has 0 aromatic heterocycles. The molecule has 11 heavy (non-hydrogen) atoms. The summed E-state index contributed by atoms with van der Waals surface area (Å²) in [6.45, 7) is 0. The lowest BCUT2D eigenvalue weighted by molar-refractivity contribution is -0.105. The van der Waals surface area contributed by atoms with Crippen molar-refractivity contribution in [2.24, 2.45) is 0 Å². The Hall–Kier alpha value is -0.380. The Balaban J connectivity index is 2.63. The zero-order valence-corrected chi connectivity index (χ0v) is 7.14. The van der Waals surface area contributed by atoms with Gasteiger partial charge in [-0.25, -0.2) is 8.42 Å². The Labute approximate surface area is 66.7 Å². The number of sulfone groups is 1. The zero-order chi connectivity index (χ0) is 8.32. The first-order valence-electron chi connectivity index (χ1n) is 3.82. The van der Waals surface area contributed by atoms with E-state index in [2.05, 4.69) is 0 Å². The highest BCUT2D eigenvalue weighted by Gasteiger charge is 2.27. The third-order valence-corrected chi connectivity index (χ3v) is 4.20. The van der Waals surface area contributed by atoms with Gasteiger partial charge in [0.05, 0.1) is 5.25 Å². The van der Waals surface area contributed by atoms with E-state index in [0.29, 0.717) is 6.29 Å². The van der Waals surface area contributed by atoms with Crippen molar-refractivity contribution in [2.45, 2.75) is 30.9 Å². The van der Waals surface area contributed by atoms with Gasteiger partial charge in [0, 0.05) is 0 Å². The average Bonchev–Trinajstić information content (AvgIpc) is 2.37. The highest BCUT2D eigenvalue weighted by Crippen LogP contribution is 2.24. The molecular formula is C7H12O3S. The van der Waals surface area contributed by atoms with Gasteiger partial charge in [-0.3, -0.25) is 0 Å². The third kappa shape index (κ3) is 2.02. The maximum atomic E-state index is 11.2. The van der Waals surface area contributed by atoms with Gasteiger partial charge in [-0.15, -0.1) is 0 Å². The van der Waals surface area contributed by atoms with Gasteiger partial charge in [-0.1, -0.05) is 12.8 Å². The lowest BCUT2D eigenvalue weighted by Crippen LogP contribution is -2.21. The number of aldehydes is 1. The van der Waals surface area contributed by atoms with Crippen molar-refractivity contribution in [1.29, 1.82) is 0 Å². The molecule has 0 heterocycles. The molecule has 3 nitrogen and oxygen atoms in total. The molecule has 1 aliphatic carbocycles. The Morgan fingerprint density at radius 2 is 1.82 bits per heavy atom. The van der Waals surface area contributed by atoms with Crippen LogP contribution in [-0.2, 0) is 14.6 Å². The Morgan fingerprint density at radius 3 is 2.27 bits per heavy atom. The van der Waals surface area contributed by atoms with Gasteiger partial charge in [0.1, 0.15) is 12.0 Å². The normalized spacial score (nSPS) is 20.4. The van der Waals surface area contributed by atoms with Crippen LogP contribution in [0.15, 0.2) is 0 Å². The van der Waals surface area contributed by atoms with E-state index in [0.717, 1.165) is 25.7 Å². The lowest BCUT2D eigenvalue weighted by atomic mass is 10.4. The SMILES string of the molecule is O=CCS(=O)(=O)C1CCCC1. The largest absolute Gasteiger partial charge is 0.302 e. The summed E-state index contributed by atoms with van der Waals surface area (Å²) in [5.74, 6) is -0.294. The number of carbonyl (C=O) groups is 1. The molecule has 64 valence electrons. The summed E-state index contributed by atoms with van der Waals surface area (Å²) in [5.41, 5.74) is 0. The van der Waals surface area contributed by atoms with Crippen LogP contribution in [0.4, 0.5) is 0 Å². The second-order valence-electron chi connectivity index (χ2n) is 2.90. The first-order valence-corrected chi connectivity index (χ1v) is 5.53. The molecule has 0 spiro atoms. The monoisotopic (exact) mass is 176 g/mol. The number of hydrogen-bond donors (Lipinski definition) is 0. The van der Waals surface area contributed by atoms with Crippen molar-refractivity contribution in [3.63, 3.8) is 0 Å². The summed E-state index contributed by atoms with van der Waals surface area (Å²) >= 11 is 0. The molecule has 1 aliphatic rings. The molecule has 0 unspecified atom stereocenters. The minimum absolute atomic E-state index is 0.229. The Morgan fingerprint density at radius 1 is 1.27 bits per heavy atom. The van der Waals surface area contributed by atoms with Crippen LogP contribution < -0.4 is 0 Å². The molecule has 1 rings (SSSR count). The zero-order valence-electron chi connectivity index (χ0n) is 6.32. The van der Waals surface area contributed by atoms with Crippen molar-refractivity contribution in [1.82, 2.24) is 0 Å². The molecule has 0 N–H and O–H groups in total. The van der Waals surface area contributed by atoms with Crippen LogP contribution in [0.25, 0.3) is 0 Å². The van der Waals surface area contributed by atoms with Gasteiger partial charge >= 0.3 is 0 Å². The second kappa shape index (κ2) is 3.34. The Kier molecular flexibility index (Phi) is 2.65. The predicted octanol–water partition coefficient (Wildman–Crippen LogP) is 0.543. The maximum absolute atomic E-state index is 11.2. The summed E-state index contributed by atoms with van der Waals surface area (Å²) in [4.78, 5) is 10.00. The van der Waals surface area contributed by atoms with Gasteiger partial charge in [0.2, 0.25) is 0 Å². The average molecular weight is 176 g/mol. The van der Waals surface area contributed by atoms with E-state index in [1.54, 1.807) is 0 Å². The van der Waals surface area contributed by atoms with Gasteiger partial charge in [0.25, 0.3) is 0 Å². The number of hydrogen-bond acceptors (Lipinski definition) is 3. The first kappa shape index (κ1) is 8.71. The topological polar surface area (TPSA) is 51.2 Å². The van der Waals surface area contributed by atoms with Crippen molar-refractivity contribution < 1.29 is 13.2 Å². The molecular weight excluding hydrogens is 164 g/mol. The molecule has 4 heteroatoms. The quantitative estimate of drug-likeness (QED) is 0.590. The van der Waals surface area contributed by atoms with E-state index in [4.69, 9.17) is 0 Å². The van der Waals surface area contributed by atoms with Crippen molar-refractivity contribution in [3.8, 4) is 0 Å². The molecule has 0 saturated heterocycles. The van der Waals surface area contributed by atoms with Crippen molar-refractivity contribution in [2.75, 3.05) is 5.75 Å². The maximum Gasteiger partial charge on any atom is 0.159 e. The molecule has 0 aromatic carbocycles. The van der Waals surface area contributed by atoms with Crippen LogP contribution >= 0.6 is 0 Å². The summed E-state index contributed by atoms with van der Waals surface area (Å²) in [7, 11) is -3.08. The molecule has 1 saturated carbocycles. The number of rotatable bonds is 3. The first-order chi connectivity index (χ1) is 5.17. The highest BCUT2D eigenvalue weighted by atomic mass is 32.2. The minimum atomic E-state index is -3.08. The van der Waals surface area contributed by atoms with Crippen LogP contribution in [0, 0.1) is 0 Å². The molecule has 1 fully saturated rings. The molecule has 0 aromatic rings. The fraction of sp³-hybridized carbons (Fsp3) is 0.857. The van der Waals surface area contributed by atoms with Gasteiger partial charge < -0.3 is 4.79 Å². The summed E-state index contributed by atoms with van der Waals surface area (Å²) in [6, 6.07) is 0. The smallest absolute Gasteiger partial charge is 0.159 e. The van der Waals surface area contributed by atoms with Crippen molar-refractivity contribution in [3.05, 3.63) is 0 Å². The van der Waals surface area contributed by atoms with E-state index in [1.807, 2.05) is 0 Å². The van der Waals surface area contributed by atoms with Crippen LogP contribution in [0.3, 0.4) is 0 Å². The predicted molar refractivity (Wildman–Crippen MR) is 42.1 cm³/mol. The summed E-state index contributed by atoms with van der Waals surface area (Å²) < 4.78 is 22.4. The van der Waals surface area contributed by atoms with Crippen molar-refractivity contribution >= 4 is 16.1 Å². The summed E-state index contributed by atoms with van der Waals surface area (Å²) in [6.07, 6.45) is 3.95. The molecule has 0 atom stereocenters. The molecule has 0 aliphatic heterocycles. The van der Waals surface area contributed by atoms with Crippen LogP contribution in [0.2, 0.25) is 0 Å². The van der Waals surface area contributed by atoms with E-state index in [1.165, 1.54) is 0 Å². The highest BCUT2D eigenvalue weighted by molar-refractivity contribution is 7.92. The minimum Gasteiger partial charge on any atom is -0.302 e. The van der Waals surface area contributed by atoms with E-state index in [-0.39, 0.29) is 11.0 Å². The third-order valence-electron chi connectivity index (χ3n) is 2.11. The summed E-state index contributed by atoms with van der Waals surface area (Å²) in [5, 5.41) is -0.229. The van der Waals surface area contributed by atoms with Crippen LogP contribution in [-0.4, -0.2) is 25.7 Å². The van der Waals surface area contributed by atoms with E-state index in [9.17, 15) is 13.2 Å². The standard InChI is InChI=1S/C7H12O3S/c8-5-6-11(9,10)7-3-1-2-4-7/h5,7H,1-4,6H2. The van der Waals surface area contributed by atoms with E-state index < -0.39 is 9.84 Å². The van der Waals surface area contributed by atoms with E-state index >= 15 is 0 Å². The van der Waals surface area contributed by atoms with Gasteiger partial charge in [0.15, 0.2) is 9.84 Å². The molecule has 0 bridgehead atoms. The lowest BCUT2D eigenvalue weighted by Gasteiger charge is -2.06. The van der Waals surface area contributed by atoms with Gasteiger partial charge in [-0.05, 0) is 12.8 Å². The Bertz CT molecular complexity index is 224. The fourth-order valence-electron chi connectivity index (χ4n) is 1.48.